The quantitative estimate of drug-likeness (QED) is 0.316. The van der Waals surface area contributed by atoms with E-state index in [1.807, 2.05) is 5.32 Å². The molecule has 0 aliphatic heterocycles. The number of rotatable bonds is 5. The number of quaternary nitrogens is 1. The Balaban J connectivity index is 0. The zero-order valence-electron chi connectivity index (χ0n) is 10.6. The van der Waals surface area contributed by atoms with E-state index in [4.69, 9.17) is 15.5 Å². The van der Waals surface area contributed by atoms with E-state index in [2.05, 4.69) is 0 Å². The number of aliphatic carboxylic acids is 1. The molecule has 0 aromatic heterocycles. The summed E-state index contributed by atoms with van der Waals surface area (Å²) < 4.78 is 10.5. The van der Waals surface area contributed by atoms with Crippen molar-refractivity contribution in [2.24, 2.45) is 5.73 Å². The van der Waals surface area contributed by atoms with E-state index in [1.165, 1.54) is 0 Å². The van der Waals surface area contributed by atoms with Gasteiger partial charge in [-0.2, -0.15) is 0 Å². The van der Waals surface area contributed by atoms with Gasteiger partial charge >= 0.3 is 13.2 Å². The van der Waals surface area contributed by atoms with Crippen molar-refractivity contribution < 1.29 is 33.5 Å². The number of amides is 1. The molecule has 10 heteroatoms. The number of hydrogen-bond donors (Lipinski definition) is 4. The van der Waals surface area contributed by atoms with Crippen LogP contribution in [0.25, 0.3) is 0 Å². The fourth-order valence-electron chi connectivity index (χ4n) is 0.669. The Hall–Kier alpha value is -0.990. The number of carbonyl (C=O) groups is 2. The molecule has 0 spiro atoms. The molecule has 0 radical (unpaired) electrons. The Morgan fingerprint density at radius 3 is 1.94 bits per heavy atom. The minimum atomic E-state index is -4.59. The second kappa shape index (κ2) is 8.17. The number of carboxylic acids is 1. The summed E-state index contributed by atoms with van der Waals surface area (Å²) in [7, 11) is 0.812. The van der Waals surface area contributed by atoms with E-state index in [-0.39, 0.29) is 19.6 Å². The van der Waals surface area contributed by atoms with Gasteiger partial charge in [-0.15, -0.1) is 0 Å². The van der Waals surface area contributed by atoms with Crippen molar-refractivity contribution in [3.63, 3.8) is 0 Å². The number of nitrogens with one attached hydrogen (secondary N) is 1. The Kier molecular flexibility index (Phi) is 8.79. The average molecular weight is 285 g/mol. The molecule has 0 rings (SSSR count). The van der Waals surface area contributed by atoms with Crippen molar-refractivity contribution in [1.82, 2.24) is 5.32 Å². The van der Waals surface area contributed by atoms with Gasteiger partial charge in [-0.3, -0.25) is 4.79 Å². The second-order valence-corrected chi connectivity index (χ2v) is 5.88. The van der Waals surface area contributed by atoms with E-state index >= 15 is 0 Å². The summed E-state index contributed by atoms with van der Waals surface area (Å²) in [4.78, 5) is 36.5. The van der Waals surface area contributed by atoms with E-state index in [1.54, 1.807) is 21.1 Å². The van der Waals surface area contributed by atoms with Crippen LogP contribution in [-0.4, -0.2) is 66.7 Å². The summed E-state index contributed by atoms with van der Waals surface area (Å²) in [6, 6.07) is 0. The first-order chi connectivity index (χ1) is 7.90. The molecule has 0 aliphatic carbocycles. The third-order valence-corrected chi connectivity index (χ3v) is 1.98. The summed E-state index contributed by atoms with van der Waals surface area (Å²) >= 11 is 0. The minimum Gasteiger partial charge on any atom is -0.544 e. The molecule has 0 unspecified atom stereocenters. The SMILES string of the molecule is C[N+](C)(C)CC(=O)[O-].NCCNC(=O)P(=O)(O)O. The highest BCUT2D eigenvalue weighted by molar-refractivity contribution is 7.69. The van der Waals surface area contributed by atoms with Gasteiger partial charge in [-0.25, -0.2) is 4.57 Å². The molecule has 0 bridgehead atoms. The van der Waals surface area contributed by atoms with Crippen LogP contribution in [0.2, 0.25) is 0 Å². The maximum absolute atomic E-state index is 10.3. The number of nitrogens with zero attached hydrogens (tertiary/aromatic N) is 1. The molecule has 0 fully saturated rings. The first-order valence-electron chi connectivity index (χ1n) is 4.94. The zero-order chi connectivity index (χ0) is 15.0. The summed E-state index contributed by atoms with van der Waals surface area (Å²) in [5.74, 6) is -1.00. The van der Waals surface area contributed by atoms with Gasteiger partial charge in [0, 0.05) is 13.1 Å². The fraction of sp³-hybridized carbons (Fsp3) is 0.750. The number of likely N-dealkylation sites (N-methyl/N-ethyl adjacent to an activating group) is 1. The fourth-order valence-corrected chi connectivity index (χ4v) is 0.987. The van der Waals surface area contributed by atoms with Crippen LogP contribution >= 0.6 is 7.60 Å². The molecule has 0 atom stereocenters. The van der Waals surface area contributed by atoms with E-state index < -0.39 is 19.2 Å². The highest BCUT2D eigenvalue weighted by atomic mass is 31.2. The number of hydrogen-bond acceptors (Lipinski definition) is 5. The standard InChI is InChI=1S/C5H11NO2.C3H9N2O4P/c1-6(2,3)4-5(7)8;4-1-2-5-3(6)10(7,8)9/h4H2,1-3H3;1-2,4H2,(H,5,6)(H2,7,8,9). The molecule has 5 N–H and O–H groups in total. The number of carbonyl (C=O) groups excluding carboxylic acids is 2. The van der Waals surface area contributed by atoms with Gasteiger partial charge in [0.1, 0.15) is 6.54 Å². The van der Waals surface area contributed by atoms with Crippen LogP contribution in [0.1, 0.15) is 0 Å². The second-order valence-electron chi connectivity index (χ2n) is 4.39. The van der Waals surface area contributed by atoms with Gasteiger partial charge in [-0.1, -0.05) is 0 Å². The van der Waals surface area contributed by atoms with Crippen molar-refractivity contribution in [1.29, 1.82) is 0 Å². The van der Waals surface area contributed by atoms with Crippen molar-refractivity contribution in [3.05, 3.63) is 0 Å². The zero-order valence-corrected chi connectivity index (χ0v) is 11.5. The Morgan fingerprint density at radius 1 is 1.33 bits per heavy atom. The van der Waals surface area contributed by atoms with Crippen LogP contribution in [0.3, 0.4) is 0 Å². The highest BCUT2D eigenvalue weighted by Gasteiger charge is 2.24. The van der Waals surface area contributed by atoms with E-state index in [0.717, 1.165) is 0 Å². The predicted molar refractivity (Wildman–Crippen MR) is 62.4 cm³/mol. The van der Waals surface area contributed by atoms with Crippen molar-refractivity contribution >= 4 is 19.2 Å². The number of carboxylic acid groups (broad SMARTS) is 1. The summed E-state index contributed by atoms with van der Waals surface area (Å²) in [5, 5.41) is 11.8. The molecule has 0 aromatic carbocycles. The maximum Gasteiger partial charge on any atom is 0.413 e. The lowest BCUT2D eigenvalue weighted by Crippen LogP contribution is -2.45. The van der Waals surface area contributed by atoms with Crippen molar-refractivity contribution in [3.8, 4) is 0 Å². The Morgan fingerprint density at radius 2 is 1.78 bits per heavy atom. The lowest BCUT2D eigenvalue weighted by Gasteiger charge is -2.23. The van der Waals surface area contributed by atoms with Gasteiger partial charge in [0.2, 0.25) is 0 Å². The van der Waals surface area contributed by atoms with Crippen LogP contribution in [0.5, 0.6) is 0 Å². The van der Waals surface area contributed by atoms with E-state index in [9.17, 15) is 19.3 Å². The van der Waals surface area contributed by atoms with Gasteiger partial charge in [-0.05, 0) is 0 Å². The maximum atomic E-state index is 10.3. The first kappa shape index (κ1) is 19.4. The third-order valence-electron chi connectivity index (χ3n) is 1.29. The van der Waals surface area contributed by atoms with Crippen LogP contribution in [0.15, 0.2) is 0 Å². The van der Waals surface area contributed by atoms with Crippen LogP contribution in [0, 0.1) is 0 Å². The lowest BCUT2D eigenvalue weighted by molar-refractivity contribution is -0.864. The van der Waals surface area contributed by atoms with Gasteiger partial charge in [0.25, 0.3) is 0 Å². The van der Waals surface area contributed by atoms with Crippen molar-refractivity contribution in [2.75, 3.05) is 40.8 Å². The lowest BCUT2D eigenvalue weighted by atomic mass is 10.5. The smallest absolute Gasteiger partial charge is 0.413 e. The molecule has 1 amide bonds. The molecule has 0 aliphatic rings. The largest absolute Gasteiger partial charge is 0.544 e. The summed E-state index contributed by atoms with van der Waals surface area (Å²) in [5.41, 5.74) is 3.67. The third kappa shape index (κ3) is 15.0. The molecular formula is C8H20N3O6P. The minimum absolute atomic E-state index is 0.0694. The highest BCUT2D eigenvalue weighted by Crippen LogP contribution is 2.34. The molecule has 108 valence electrons. The summed E-state index contributed by atoms with van der Waals surface area (Å²) in [6.07, 6.45) is 0. The topological polar surface area (TPSA) is 153 Å². The number of nitrogens with two attached hydrogens (primary N) is 1. The van der Waals surface area contributed by atoms with Gasteiger partial charge < -0.3 is 35.2 Å². The molecule has 0 saturated carbocycles. The predicted octanol–water partition coefficient (Wildman–Crippen LogP) is -2.73. The summed E-state index contributed by atoms with van der Waals surface area (Å²) in [6.45, 7) is 0.301. The Bertz CT molecular complexity index is 321. The molecule has 0 saturated heterocycles. The molecule has 9 nitrogen and oxygen atoms in total. The normalized spacial score (nSPS) is 11.2. The molecule has 18 heavy (non-hydrogen) atoms. The van der Waals surface area contributed by atoms with Crippen LogP contribution in [0.4, 0.5) is 4.79 Å². The van der Waals surface area contributed by atoms with Crippen LogP contribution in [-0.2, 0) is 9.36 Å². The molecule has 0 aromatic rings. The van der Waals surface area contributed by atoms with E-state index in [0.29, 0.717) is 4.48 Å². The molecule has 0 heterocycles. The van der Waals surface area contributed by atoms with Crippen LogP contribution < -0.4 is 16.2 Å². The Labute approximate surface area is 105 Å². The van der Waals surface area contributed by atoms with Gasteiger partial charge in [0.05, 0.1) is 27.1 Å². The average Bonchev–Trinajstić information content (AvgIpc) is 2.09. The van der Waals surface area contributed by atoms with Gasteiger partial charge in [0.15, 0.2) is 0 Å². The molecular weight excluding hydrogens is 265 g/mol. The van der Waals surface area contributed by atoms with Crippen molar-refractivity contribution in [2.45, 2.75) is 0 Å². The monoisotopic (exact) mass is 285 g/mol. The first-order valence-corrected chi connectivity index (χ1v) is 6.55.